The van der Waals surface area contributed by atoms with Gasteiger partial charge in [-0.25, -0.2) is 0 Å². The van der Waals surface area contributed by atoms with Crippen LogP contribution in [0.15, 0.2) is 49.1 Å². The van der Waals surface area contributed by atoms with Crippen LogP contribution in [0.4, 0.5) is 11.4 Å². The Morgan fingerprint density at radius 2 is 1.50 bits per heavy atom. The summed E-state index contributed by atoms with van der Waals surface area (Å²) in [6, 6.07) is 12.7. The molecule has 136 valence electrons. The maximum atomic E-state index is 5.44. The summed E-state index contributed by atoms with van der Waals surface area (Å²) in [6.45, 7) is 6.42. The molecule has 0 unspecified atom stereocenters. The van der Waals surface area contributed by atoms with E-state index in [2.05, 4.69) is 52.6 Å². The number of fused-ring (bicyclic) bond motifs is 6. The molecule has 5 heteroatoms. The normalized spacial score (nSPS) is 15.5. The second-order valence-electron chi connectivity index (χ2n) is 6.82. The Morgan fingerprint density at radius 3 is 1.92 bits per heavy atom. The van der Waals surface area contributed by atoms with Crippen molar-refractivity contribution < 1.29 is 9.47 Å². The van der Waals surface area contributed by atoms with E-state index in [1.807, 2.05) is 18.2 Å². The standard InChI is InChI=1S/C21H25N3O2/c1-5-10-22(2)21-23-13-15-11-17(25-3)6-8-19(15)24(21)14-16-12-18(26-4)7-9-20(16)23/h5-9,11-12,21H,1,10,13-14H2,2-4H3. The second-order valence-corrected chi connectivity index (χ2v) is 6.82. The van der Waals surface area contributed by atoms with Gasteiger partial charge < -0.3 is 19.3 Å². The van der Waals surface area contributed by atoms with Crippen molar-refractivity contribution in [3.63, 3.8) is 0 Å². The van der Waals surface area contributed by atoms with Gasteiger partial charge in [-0.15, -0.1) is 6.58 Å². The highest BCUT2D eigenvalue weighted by Crippen LogP contribution is 2.43. The van der Waals surface area contributed by atoms with Crippen LogP contribution in [0, 0.1) is 0 Å². The van der Waals surface area contributed by atoms with Gasteiger partial charge in [-0.3, -0.25) is 4.90 Å². The van der Waals surface area contributed by atoms with Gasteiger partial charge in [0.1, 0.15) is 11.5 Å². The molecule has 0 N–H and O–H groups in total. The van der Waals surface area contributed by atoms with Crippen molar-refractivity contribution in [1.82, 2.24) is 4.90 Å². The molecule has 2 heterocycles. The Hall–Kier alpha value is -2.66. The Balaban J connectivity index is 1.83. The molecule has 0 spiro atoms. The number of rotatable bonds is 5. The van der Waals surface area contributed by atoms with E-state index in [0.717, 1.165) is 31.1 Å². The molecule has 0 fully saturated rings. The predicted octanol–water partition coefficient (Wildman–Crippen LogP) is 3.45. The van der Waals surface area contributed by atoms with Crippen LogP contribution in [-0.2, 0) is 13.1 Å². The first-order chi connectivity index (χ1) is 12.7. The molecule has 0 aliphatic carbocycles. The monoisotopic (exact) mass is 351 g/mol. The van der Waals surface area contributed by atoms with E-state index in [9.17, 15) is 0 Å². The summed E-state index contributed by atoms with van der Waals surface area (Å²) >= 11 is 0. The van der Waals surface area contributed by atoms with Gasteiger partial charge in [-0.1, -0.05) is 6.08 Å². The highest BCUT2D eigenvalue weighted by atomic mass is 16.5. The minimum atomic E-state index is 0.162. The van der Waals surface area contributed by atoms with Gasteiger partial charge in [0, 0.05) is 31.0 Å². The average Bonchev–Trinajstić information content (AvgIpc) is 2.66. The van der Waals surface area contributed by atoms with Crippen molar-refractivity contribution in [1.29, 1.82) is 0 Å². The number of benzene rings is 2. The SMILES string of the molecule is C=CCN(C)C1N2Cc3cc(OC)ccc3N1Cc1cc(OC)ccc12. The molecule has 2 aromatic carbocycles. The molecule has 26 heavy (non-hydrogen) atoms. The molecule has 0 saturated heterocycles. The number of likely N-dealkylation sites (N-methyl/N-ethyl adjacent to an activating group) is 1. The Bertz CT molecular complexity index is 775. The zero-order chi connectivity index (χ0) is 18.3. The van der Waals surface area contributed by atoms with Gasteiger partial charge in [0.25, 0.3) is 0 Å². The Labute approximate surface area is 155 Å². The average molecular weight is 351 g/mol. The lowest BCUT2D eigenvalue weighted by molar-refractivity contribution is 0.230. The van der Waals surface area contributed by atoms with Crippen LogP contribution in [0.3, 0.4) is 0 Å². The summed E-state index contributed by atoms with van der Waals surface area (Å²) in [5.74, 6) is 1.80. The third kappa shape index (κ3) is 2.59. The molecule has 2 bridgehead atoms. The van der Waals surface area contributed by atoms with Crippen LogP contribution >= 0.6 is 0 Å². The molecule has 0 atom stereocenters. The summed E-state index contributed by atoms with van der Waals surface area (Å²) in [5.41, 5.74) is 5.09. The lowest BCUT2D eigenvalue weighted by Crippen LogP contribution is -2.62. The lowest BCUT2D eigenvalue weighted by atomic mass is 9.99. The summed E-state index contributed by atoms with van der Waals surface area (Å²) < 4.78 is 10.9. The van der Waals surface area contributed by atoms with Gasteiger partial charge in [-0.05, 0) is 54.6 Å². The first kappa shape index (κ1) is 16.8. The summed E-state index contributed by atoms with van der Waals surface area (Å²) in [7, 11) is 5.58. The Kier molecular flexibility index (Phi) is 4.24. The number of hydrogen-bond acceptors (Lipinski definition) is 5. The smallest absolute Gasteiger partial charge is 0.161 e. The number of hydrogen-bond donors (Lipinski definition) is 0. The molecule has 0 aromatic heterocycles. The molecular formula is C21H25N3O2. The summed E-state index contributed by atoms with van der Waals surface area (Å²) in [6.07, 6.45) is 2.12. The predicted molar refractivity (Wildman–Crippen MR) is 105 cm³/mol. The van der Waals surface area contributed by atoms with Crippen molar-refractivity contribution in [2.24, 2.45) is 0 Å². The summed E-state index contributed by atoms with van der Waals surface area (Å²) in [5, 5.41) is 0. The highest BCUT2D eigenvalue weighted by molar-refractivity contribution is 5.70. The number of nitrogens with zero attached hydrogens (tertiary/aromatic N) is 3. The number of ether oxygens (including phenoxy) is 2. The van der Waals surface area contributed by atoms with Gasteiger partial charge in [0.15, 0.2) is 6.29 Å². The van der Waals surface area contributed by atoms with Gasteiger partial charge in [0.2, 0.25) is 0 Å². The van der Waals surface area contributed by atoms with Crippen molar-refractivity contribution >= 4 is 11.4 Å². The van der Waals surface area contributed by atoms with Crippen LogP contribution in [0.25, 0.3) is 0 Å². The molecule has 2 aliphatic heterocycles. The summed E-state index contributed by atoms with van der Waals surface area (Å²) in [4.78, 5) is 7.22. The fourth-order valence-electron chi connectivity index (χ4n) is 4.08. The zero-order valence-electron chi connectivity index (χ0n) is 15.6. The maximum absolute atomic E-state index is 5.44. The lowest BCUT2D eigenvalue weighted by Gasteiger charge is -2.54. The minimum absolute atomic E-state index is 0.162. The van der Waals surface area contributed by atoms with Crippen LogP contribution in [0.2, 0.25) is 0 Å². The first-order valence-corrected chi connectivity index (χ1v) is 8.84. The van der Waals surface area contributed by atoms with Gasteiger partial charge in [0.05, 0.1) is 14.2 Å². The van der Waals surface area contributed by atoms with E-state index in [4.69, 9.17) is 9.47 Å². The second kappa shape index (κ2) is 6.57. The van der Waals surface area contributed by atoms with Crippen LogP contribution in [0.1, 0.15) is 11.1 Å². The molecule has 2 aromatic rings. The molecule has 0 amide bonds. The van der Waals surface area contributed by atoms with Crippen molar-refractivity contribution in [3.05, 3.63) is 60.2 Å². The largest absolute Gasteiger partial charge is 0.497 e. The van der Waals surface area contributed by atoms with E-state index < -0.39 is 0 Å². The van der Waals surface area contributed by atoms with E-state index >= 15 is 0 Å². The van der Waals surface area contributed by atoms with E-state index in [-0.39, 0.29) is 6.29 Å². The zero-order valence-corrected chi connectivity index (χ0v) is 15.6. The van der Waals surface area contributed by atoms with E-state index in [0.29, 0.717) is 0 Å². The molecule has 0 saturated carbocycles. The quantitative estimate of drug-likeness (QED) is 0.770. The fourth-order valence-corrected chi connectivity index (χ4v) is 4.08. The molecule has 0 radical (unpaired) electrons. The number of methoxy groups -OCH3 is 2. The molecular weight excluding hydrogens is 326 g/mol. The van der Waals surface area contributed by atoms with Crippen molar-refractivity contribution in [3.8, 4) is 11.5 Å². The van der Waals surface area contributed by atoms with Crippen LogP contribution in [0.5, 0.6) is 11.5 Å². The molecule has 4 rings (SSSR count). The number of anilines is 2. The maximum Gasteiger partial charge on any atom is 0.161 e. The Morgan fingerprint density at radius 1 is 1.00 bits per heavy atom. The van der Waals surface area contributed by atoms with Crippen LogP contribution in [-0.4, -0.2) is 39.0 Å². The van der Waals surface area contributed by atoms with Crippen LogP contribution < -0.4 is 19.3 Å². The molecule has 2 aliphatic rings. The highest BCUT2D eigenvalue weighted by Gasteiger charge is 2.39. The van der Waals surface area contributed by atoms with Gasteiger partial charge in [-0.2, -0.15) is 0 Å². The van der Waals surface area contributed by atoms with Gasteiger partial charge >= 0.3 is 0 Å². The van der Waals surface area contributed by atoms with Crippen molar-refractivity contribution in [2.75, 3.05) is 37.6 Å². The first-order valence-electron chi connectivity index (χ1n) is 8.84. The fraction of sp³-hybridized carbons (Fsp3) is 0.333. The third-order valence-corrected chi connectivity index (χ3v) is 5.24. The third-order valence-electron chi connectivity index (χ3n) is 5.24. The van der Waals surface area contributed by atoms with E-state index in [1.54, 1.807) is 14.2 Å². The topological polar surface area (TPSA) is 28.2 Å². The van der Waals surface area contributed by atoms with Crippen molar-refractivity contribution in [2.45, 2.75) is 19.4 Å². The minimum Gasteiger partial charge on any atom is -0.497 e. The molecule has 5 nitrogen and oxygen atoms in total. The van der Waals surface area contributed by atoms with E-state index in [1.165, 1.54) is 22.5 Å².